The van der Waals surface area contributed by atoms with Gasteiger partial charge in [-0.1, -0.05) is 42.5 Å². The van der Waals surface area contributed by atoms with Gasteiger partial charge in [0, 0.05) is 29.8 Å². The molecule has 1 aliphatic rings. The standard InChI is InChI=1S/C22H24N4O/c1-14-12-21(27)24-20-11-7-10-18(22(20)23-14)19-13-26(25-15(19)2)16(3)17-8-5-4-6-9-17/h4-11,13-14,16,23H,12H2,1-3H3,(H,24,27)/t14-,16?/m1/s1. The normalized spacial score (nSPS) is 17.4. The summed E-state index contributed by atoms with van der Waals surface area (Å²) in [4.78, 5) is 12.1. The zero-order valence-corrected chi connectivity index (χ0v) is 15.9. The van der Waals surface area contributed by atoms with E-state index in [1.54, 1.807) is 0 Å². The summed E-state index contributed by atoms with van der Waals surface area (Å²) in [5, 5.41) is 11.3. The zero-order valence-electron chi connectivity index (χ0n) is 15.9. The maximum atomic E-state index is 12.1. The molecule has 138 valence electrons. The maximum Gasteiger partial charge on any atom is 0.226 e. The van der Waals surface area contributed by atoms with Crippen LogP contribution in [0.1, 0.15) is 37.6 Å². The molecule has 0 radical (unpaired) electrons. The van der Waals surface area contributed by atoms with Gasteiger partial charge in [-0.15, -0.1) is 0 Å². The van der Waals surface area contributed by atoms with Crippen LogP contribution in [0.25, 0.3) is 11.1 Å². The number of rotatable bonds is 3. The van der Waals surface area contributed by atoms with Gasteiger partial charge in [-0.25, -0.2) is 0 Å². The van der Waals surface area contributed by atoms with E-state index in [9.17, 15) is 4.79 Å². The van der Waals surface area contributed by atoms with Crippen LogP contribution in [0, 0.1) is 6.92 Å². The van der Waals surface area contributed by atoms with E-state index in [-0.39, 0.29) is 18.0 Å². The molecule has 1 aromatic heterocycles. The Morgan fingerprint density at radius 2 is 1.89 bits per heavy atom. The predicted molar refractivity (Wildman–Crippen MR) is 109 cm³/mol. The average molecular weight is 360 g/mol. The quantitative estimate of drug-likeness (QED) is 0.717. The number of nitrogens with zero attached hydrogens (tertiary/aromatic N) is 2. The lowest BCUT2D eigenvalue weighted by atomic mass is 10.0. The van der Waals surface area contributed by atoms with Crippen molar-refractivity contribution in [2.45, 2.75) is 39.3 Å². The summed E-state index contributed by atoms with van der Waals surface area (Å²) in [5.74, 6) is 0.0380. The topological polar surface area (TPSA) is 59.0 Å². The van der Waals surface area contributed by atoms with Gasteiger partial charge in [-0.2, -0.15) is 5.10 Å². The molecule has 1 aliphatic heterocycles. The second kappa shape index (κ2) is 6.91. The zero-order chi connectivity index (χ0) is 19.0. The lowest BCUT2D eigenvalue weighted by Gasteiger charge is -2.16. The first-order chi connectivity index (χ1) is 13.0. The van der Waals surface area contributed by atoms with Crippen molar-refractivity contribution in [2.24, 2.45) is 0 Å². The van der Waals surface area contributed by atoms with E-state index < -0.39 is 0 Å². The van der Waals surface area contributed by atoms with Crippen LogP contribution in [-0.2, 0) is 4.79 Å². The van der Waals surface area contributed by atoms with E-state index >= 15 is 0 Å². The van der Waals surface area contributed by atoms with Crippen molar-refractivity contribution < 1.29 is 4.79 Å². The van der Waals surface area contributed by atoms with E-state index in [2.05, 4.69) is 42.0 Å². The van der Waals surface area contributed by atoms with Crippen molar-refractivity contribution in [3.63, 3.8) is 0 Å². The maximum absolute atomic E-state index is 12.1. The van der Waals surface area contributed by atoms with Crippen LogP contribution in [0.4, 0.5) is 11.4 Å². The molecule has 1 amide bonds. The summed E-state index contributed by atoms with van der Waals surface area (Å²) < 4.78 is 2.01. The lowest BCUT2D eigenvalue weighted by Crippen LogP contribution is -2.19. The fourth-order valence-electron chi connectivity index (χ4n) is 3.64. The minimum absolute atomic E-state index is 0.0380. The number of carbonyl (C=O) groups excluding carboxylic acids is 1. The monoisotopic (exact) mass is 360 g/mol. The van der Waals surface area contributed by atoms with Crippen LogP contribution in [-0.4, -0.2) is 21.7 Å². The number of amides is 1. The molecule has 0 bridgehead atoms. The highest BCUT2D eigenvalue weighted by Gasteiger charge is 2.22. The van der Waals surface area contributed by atoms with Gasteiger partial charge in [0.1, 0.15) is 0 Å². The van der Waals surface area contributed by atoms with Gasteiger partial charge in [0.05, 0.1) is 23.1 Å². The Balaban J connectivity index is 1.76. The molecule has 0 saturated heterocycles. The van der Waals surface area contributed by atoms with Gasteiger partial charge in [0.2, 0.25) is 5.91 Å². The van der Waals surface area contributed by atoms with Crippen molar-refractivity contribution in [1.82, 2.24) is 9.78 Å². The Morgan fingerprint density at radius 3 is 2.67 bits per heavy atom. The van der Waals surface area contributed by atoms with Gasteiger partial charge in [0.15, 0.2) is 0 Å². The number of aryl methyl sites for hydroxylation is 1. The number of para-hydroxylation sites is 1. The number of aromatic nitrogens is 2. The van der Waals surface area contributed by atoms with Crippen LogP contribution >= 0.6 is 0 Å². The Kier molecular flexibility index (Phi) is 4.44. The molecule has 2 atom stereocenters. The summed E-state index contributed by atoms with van der Waals surface area (Å²) in [7, 11) is 0. The third-order valence-corrected chi connectivity index (χ3v) is 5.11. The highest BCUT2D eigenvalue weighted by Crippen LogP contribution is 2.38. The number of hydrogen-bond acceptors (Lipinski definition) is 3. The molecular weight excluding hydrogens is 336 g/mol. The van der Waals surface area contributed by atoms with E-state index in [0.29, 0.717) is 6.42 Å². The molecule has 1 unspecified atom stereocenters. The average Bonchev–Trinajstić information content (AvgIpc) is 2.96. The van der Waals surface area contributed by atoms with Crippen molar-refractivity contribution in [2.75, 3.05) is 10.6 Å². The molecule has 4 rings (SSSR count). The third kappa shape index (κ3) is 3.33. The van der Waals surface area contributed by atoms with Crippen LogP contribution in [0.2, 0.25) is 0 Å². The van der Waals surface area contributed by atoms with Crippen LogP contribution in [0.5, 0.6) is 0 Å². The molecule has 27 heavy (non-hydrogen) atoms. The molecule has 3 aromatic rings. The van der Waals surface area contributed by atoms with E-state index in [1.807, 2.05) is 48.9 Å². The summed E-state index contributed by atoms with van der Waals surface area (Å²) in [6.07, 6.45) is 2.55. The summed E-state index contributed by atoms with van der Waals surface area (Å²) in [6.45, 7) is 6.21. The number of anilines is 2. The minimum atomic E-state index is 0.0380. The van der Waals surface area contributed by atoms with E-state index in [0.717, 1.165) is 28.2 Å². The van der Waals surface area contributed by atoms with Gasteiger partial charge in [-0.3, -0.25) is 9.48 Å². The molecule has 2 aromatic carbocycles. The molecule has 0 spiro atoms. The molecule has 0 saturated carbocycles. The Morgan fingerprint density at radius 1 is 1.11 bits per heavy atom. The van der Waals surface area contributed by atoms with Gasteiger partial charge < -0.3 is 10.6 Å². The molecule has 5 nitrogen and oxygen atoms in total. The predicted octanol–water partition coefficient (Wildman–Crippen LogP) is 4.61. The molecule has 0 fully saturated rings. The second-order valence-corrected chi connectivity index (χ2v) is 7.22. The first-order valence-corrected chi connectivity index (χ1v) is 9.33. The number of hydrogen-bond donors (Lipinski definition) is 2. The summed E-state index contributed by atoms with van der Waals surface area (Å²) in [5.41, 5.74) is 6.11. The second-order valence-electron chi connectivity index (χ2n) is 7.22. The molecular formula is C22H24N4O. The minimum Gasteiger partial charge on any atom is -0.380 e. The number of nitrogens with one attached hydrogen (secondary N) is 2. The Hall–Kier alpha value is -3.08. The van der Waals surface area contributed by atoms with Gasteiger partial charge >= 0.3 is 0 Å². The smallest absolute Gasteiger partial charge is 0.226 e. The van der Waals surface area contributed by atoms with E-state index in [1.165, 1.54) is 5.56 Å². The number of fused-ring (bicyclic) bond motifs is 1. The molecule has 0 aliphatic carbocycles. The van der Waals surface area contributed by atoms with Gasteiger partial charge in [0.25, 0.3) is 0 Å². The lowest BCUT2D eigenvalue weighted by molar-refractivity contribution is -0.116. The number of benzene rings is 2. The fraction of sp³-hybridized carbons (Fsp3) is 0.273. The molecule has 5 heteroatoms. The molecule has 2 N–H and O–H groups in total. The number of carbonyl (C=O) groups is 1. The van der Waals surface area contributed by atoms with Crippen molar-refractivity contribution in [3.05, 3.63) is 66.0 Å². The van der Waals surface area contributed by atoms with Crippen molar-refractivity contribution in [1.29, 1.82) is 0 Å². The Bertz CT molecular complexity index is 977. The summed E-state index contributed by atoms with van der Waals surface area (Å²) >= 11 is 0. The first-order valence-electron chi connectivity index (χ1n) is 9.33. The van der Waals surface area contributed by atoms with Crippen LogP contribution in [0.3, 0.4) is 0 Å². The van der Waals surface area contributed by atoms with Crippen LogP contribution < -0.4 is 10.6 Å². The fourth-order valence-corrected chi connectivity index (χ4v) is 3.64. The Labute approximate surface area is 159 Å². The highest BCUT2D eigenvalue weighted by atomic mass is 16.1. The SMILES string of the molecule is Cc1nn(C(C)c2ccccc2)cc1-c1cccc2c1N[C@H](C)CC(=O)N2. The van der Waals surface area contributed by atoms with Gasteiger partial charge in [-0.05, 0) is 32.4 Å². The largest absolute Gasteiger partial charge is 0.380 e. The highest BCUT2D eigenvalue weighted by molar-refractivity contribution is 6.00. The third-order valence-electron chi connectivity index (χ3n) is 5.11. The van der Waals surface area contributed by atoms with Crippen molar-refractivity contribution >= 4 is 17.3 Å². The molecule has 2 heterocycles. The van der Waals surface area contributed by atoms with Crippen LogP contribution in [0.15, 0.2) is 54.7 Å². The summed E-state index contributed by atoms with van der Waals surface area (Å²) in [6, 6.07) is 16.6. The van der Waals surface area contributed by atoms with Crippen molar-refractivity contribution in [3.8, 4) is 11.1 Å². The van der Waals surface area contributed by atoms with E-state index in [4.69, 9.17) is 5.10 Å². The first kappa shape index (κ1) is 17.3.